The van der Waals surface area contributed by atoms with Crippen molar-refractivity contribution in [3.05, 3.63) is 338 Å². The Bertz CT molecular complexity index is 6440. The van der Waals surface area contributed by atoms with Crippen LogP contribution >= 0.6 is 0 Å². The summed E-state index contributed by atoms with van der Waals surface area (Å²) in [7, 11) is 0. The summed E-state index contributed by atoms with van der Waals surface area (Å²) >= 11 is 0. The van der Waals surface area contributed by atoms with Gasteiger partial charge < -0.3 is 61.6 Å². The van der Waals surface area contributed by atoms with Crippen molar-refractivity contribution in [2.75, 3.05) is 67.1 Å². The molecule has 0 aromatic heterocycles. The number of nitrogens with zero attached hydrogens (tertiary/aromatic N) is 12. The van der Waals surface area contributed by atoms with E-state index in [2.05, 4.69) is 147 Å². The third kappa shape index (κ3) is 26.9. The summed E-state index contributed by atoms with van der Waals surface area (Å²) in [6.07, 6.45) is 2.81. The fourth-order valence-electron chi connectivity index (χ4n) is 13.7. The lowest BCUT2D eigenvalue weighted by atomic mass is 9.79. The maximum Gasteiger partial charge on any atom is 0.231 e. The van der Waals surface area contributed by atoms with E-state index >= 15 is 0 Å². The molecular weight excluding hydrogens is 1690 g/mol. The van der Waals surface area contributed by atoms with Gasteiger partial charge in [-0.1, -0.05) is 215 Å². The second kappa shape index (κ2) is 49.6. The molecule has 0 spiro atoms. The van der Waals surface area contributed by atoms with Gasteiger partial charge in [-0.2, -0.15) is 59.9 Å². The molecule has 27 nitrogen and oxygen atoms in total. The first kappa shape index (κ1) is 93.3. The Morgan fingerprint density at radius 2 is 0.530 bits per heavy atom. The van der Waals surface area contributed by atoms with Crippen LogP contribution in [0.3, 0.4) is 0 Å². The fourth-order valence-corrected chi connectivity index (χ4v) is 13.7. The van der Waals surface area contributed by atoms with E-state index in [0.717, 1.165) is 74.8 Å². The van der Waals surface area contributed by atoms with Gasteiger partial charge in [-0.3, -0.25) is 0 Å². The van der Waals surface area contributed by atoms with Gasteiger partial charge in [0.1, 0.15) is 159 Å². The smallest absolute Gasteiger partial charge is 0.231 e. The average Bonchev–Trinajstić information content (AvgIpc) is 0.807. The Balaban J connectivity index is 0.000000131. The molecule has 2 bridgehead atoms. The molecule has 0 atom stereocenters. The SMILES string of the molecule is C1=NCOCOCOCN=1.C1=Nc2cc3ccccc3cc2OCOc2cc3ccccc3cc2N=1.C1=Nc2ccccc2OCOc2ccccc2N=1.C1=Nc2ccccc2OCc2cccc(c2)COc2ccccc2N=1.CCC1(CC)COc2ccccc2N=C=Nc2ccccc2OC1.CCC1(c2ccccc2)COc2ccccc2N=C=Nc2ccccc2OC1.N=C=N. The van der Waals surface area contributed by atoms with E-state index in [1.165, 1.54) is 11.6 Å². The van der Waals surface area contributed by atoms with Crippen molar-refractivity contribution in [2.24, 2.45) is 65.3 Å². The highest BCUT2D eigenvalue weighted by molar-refractivity contribution is 5.90. The van der Waals surface area contributed by atoms with Gasteiger partial charge in [-0.15, -0.1) is 0 Å². The molecule has 6 aliphatic rings. The van der Waals surface area contributed by atoms with Crippen molar-refractivity contribution >= 4 is 120 Å². The number of ether oxygens (including phenoxy) is 13. The highest BCUT2D eigenvalue weighted by Crippen LogP contribution is 2.42. The maximum atomic E-state index is 6.25. The Morgan fingerprint density at radius 3 is 0.858 bits per heavy atom. The Labute approximate surface area is 775 Å². The summed E-state index contributed by atoms with van der Waals surface area (Å²) < 4.78 is 73.7. The minimum atomic E-state index is -0.298. The summed E-state index contributed by atoms with van der Waals surface area (Å²) in [5.41, 5.74) is 10.0. The van der Waals surface area contributed by atoms with Crippen molar-refractivity contribution < 1.29 is 61.6 Å². The van der Waals surface area contributed by atoms with Gasteiger partial charge in [0, 0.05) is 5.41 Å². The molecule has 670 valence electrons. The molecule has 0 amide bonds. The first-order valence-corrected chi connectivity index (χ1v) is 43.1. The molecule has 0 aliphatic carbocycles. The lowest BCUT2D eigenvalue weighted by molar-refractivity contribution is -0.129. The number of hydrogen-bond acceptors (Lipinski definition) is 27. The van der Waals surface area contributed by atoms with Crippen LogP contribution in [-0.4, -0.2) is 109 Å². The van der Waals surface area contributed by atoms with Crippen LogP contribution < -0.4 is 47.4 Å². The van der Waals surface area contributed by atoms with Gasteiger partial charge in [0.25, 0.3) is 0 Å². The number of aliphatic imine (C=N–C) groups is 12. The molecule has 0 unspecified atom stereocenters. The third-order valence-corrected chi connectivity index (χ3v) is 21.3. The topological polar surface area (TPSA) is 316 Å². The highest BCUT2D eigenvalue weighted by atomic mass is 16.7. The summed E-state index contributed by atoms with van der Waals surface area (Å²) in [5, 5.41) is 15.6. The predicted molar refractivity (Wildman–Crippen MR) is 519 cm³/mol. The van der Waals surface area contributed by atoms with Crippen LogP contribution in [0.2, 0.25) is 0 Å². The number of para-hydroxylation sites is 16. The van der Waals surface area contributed by atoms with Crippen LogP contribution in [0.5, 0.6) is 57.5 Å². The van der Waals surface area contributed by atoms with E-state index in [0.29, 0.717) is 131 Å². The number of rotatable bonds is 4. The summed E-state index contributed by atoms with van der Waals surface area (Å²) in [6.45, 7) is 10.7. The van der Waals surface area contributed by atoms with Crippen LogP contribution in [0, 0.1) is 16.2 Å². The molecule has 20 rings (SSSR count). The van der Waals surface area contributed by atoms with Crippen LogP contribution in [0.25, 0.3) is 21.5 Å². The normalized spacial score (nSPS) is 15.0. The number of hydrogen-bond donors (Lipinski definition) is 2. The summed E-state index contributed by atoms with van der Waals surface area (Å²) in [6, 6.07) is 121. The molecule has 2 N–H and O–H groups in total. The third-order valence-electron chi connectivity index (χ3n) is 21.3. The quantitative estimate of drug-likeness (QED) is 0.155. The van der Waals surface area contributed by atoms with Gasteiger partial charge in [0.05, 0.1) is 30.6 Å². The second-order valence-electron chi connectivity index (χ2n) is 29.9. The lowest BCUT2D eigenvalue weighted by Gasteiger charge is -2.33. The van der Waals surface area contributed by atoms with E-state index in [-0.39, 0.29) is 51.5 Å². The second-order valence-corrected chi connectivity index (χ2v) is 29.9. The number of benzene rings is 14. The van der Waals surface area contributed by atoms with Gasteiger partial charge >= 0.3 is 0 Å². The van der Waals surface area contributed by atoms with E-state index in [1.54, 1.807) is 0 Å². The lowest BCUT2D eigenvalue weighted by Crippen LogP contribution is -2.39. The minimum absolute atomic E-state index is 0.0488. The van der Waals surface area contributed by atoms with E-state index in [9.17, 15) is 0 Å². The average molecular weight is 1780 g/mol. The summed E-state index contributed by atoms with van der Waals surface area (Å²) in [5.74, 6) is 6.95. The highest BCUT2D eigenvalue weighted by Gasteiger charge is 2.34. The Hall–Kier alpha value is -16.9. The molecule has 6 heterocycles. The molecule has 14 aromatic rings. The van der Waals surface area contributed by atoms with Crippen molar-refractivity contribution in [3.8, 4) is 57.5 Å². The largest absolute Gasteiger partial charge is 0.491 e. The Kier molecular flexibility index (Phi) is 34.6. The van der Waals surface area contributed by atoms with Gasteiger partial charge in [0.2, 0.25) is 13.6 Å². The monoisotopic (exact) mass is 1780 g/mol. The molecule has 134 heavy (non-hydrogen) atoms. The van der Waals surface area contributed by atoms with Crippen LogP contribution in [-0.2, 0) is 32.8 Å². The minimum Gasteiger partial charge on any atom is -0.491 e. The zero-order valence-electron chi connectivity index (χ0n) is 73.9. The first-order chi connectivity index (χ1) is 66.2. The maximum absolute atomic E-state index is 6.25. The van der Waals surface area contributed by atoms with Crippen molar-refractivity contribution in [1.29, 1.82) is 10.8 Å². The van der Waals surface area contributed by atoms with Gasteiger partial charge in [-0.25, -0.2) is 10.8 Å². The molecule has 0 saturated heterocycles. The van der Waals surface area contributed by atoms with E-state index in [1.807, 2.05) is 291 Å². The molecule has 0 saturated carbocycles. The molecule has 27 heteroatoms. The zero-order valence-corrected chi connectivity index (χ0v) is 73.9. The molecular formula is C107H94N14O13. The van der Waals surface area contributed by atoms with Crippen molar-refractivity contribution in [1.82, 2.24) is 0 Å². The fraction of sp³-hybridized carbons (Fsp3) is 0.187. The Morgan fingerprint density at radius 1 is 0.254 bits per heavy atom. The number of fused-ring (bicyclic) bond motifs is 14. The van der Waals surface area contributed by atoms with Gasteiger partial charge in [-0.05, 0) is 185 Å². The number of nitrogens with one attached hydrogen (secondary N) is 2. The first-order valence-electron chi connectivity index (χ1n) is 43.1. The molecule has 0 radical (unpaired) electrons. The van der Waals surface area contributed by atoms with Crippen molar-refractivity contribution in [3.63, 3.8) is 0 Å². The standard InChI is InChI=1S/C24H22N2O2.C22H14N2O2.C21H16N2O2.C20H22N2O2.C14H10N2O2.C5H8N2O3.CH2N2/c1-2-24(19-10-4-3-5-11-19)16-27-22-14-8-6-12-20(22)25-18-26-21-13-7-9-15-23(21)28-17-24;1-3-7-17-11-21-19(9-15(17)5-1)23-13-24-20-10-16-6-2-4-8-18(16)12-22(20)26-14-25-21;1-3-10-20-18(8-1)22-15-23-19-9-2-4-11-21(19)25-14-17-7-5-6-16(12-17)13-24-20;1-3-20(4-2)13-23-18-11-7-5-9-16(18)21-15-22-17-10-6-8-12-19(17)24-14-20;1-3-7-13-11(5-1)15-9-16-12-6-2-4-8-14(12)18-10-17-13;1-6-2-8-4-10-5-9-3-7-1;2-1-3/h3-15H,2,16-17H2,1H3;1-12H,14H2;1-12H,13-14H2;5-12H,3-4,13-14H2,1-2H3;1-8H,10H2;2-5H2;2-3H. The van der Waals surface area contributed by atoms with Crippen LogP contribution in [0.1, 0.15) is 56.7 Å². The van der Waals surface area contributed by atoms with Crippen molar-refractivity contribution in [2.45, 2.75) is 58.7 Å². The van der Waals surface area contributed by atoms with E-state index in [4.69, 9.17) is 72.4 Å². The molecule has 6 aliphatic heterocycles. The zero-order chi connectivity index (χ0) is 92.3. The van der Waals surface area contributed by atoms with Crippen LogP contribution in [0.15, 0.2) is 381 Å². The predicted octanol–water partition coefficient (Wildman–Crippen LogP) is 26.4. The van der Waals surface area contributed by atoms with Gasteiger partial charge in [0.15, 0.2) is 38.5 Å². The van der Waals surface area contributed by atoms with Crippen LogP contribution in [0.4, 0.5) is 56.9 Å². The summed E-state index contributed by atoms with van der Waals surface area (Å²) in [4.78, 5) is 50.3. The molecule has 14 aromatic carbocycles. The molecule has 0 fully saturated rings. The van der Waals surface area contributed by atoms with E-state index < -0.39 is 0 Å².